The second kappa shape index (κ2) is 7.21. The third-order valence-electron chi connectivity index (χ3n) is 2.87. The van der Waals surface area contributed by atoms with Gasteiger partial charge < -0.3 is 4.52 Å². The zero-order valence-electron chi connectivity index (χ0n) is 13.0. The van der Waals surface area contributed by atoms with E-state index in [0.717, 1.165) is 16.9 Å². The molecule has 0 aliphatic carbocycles. The molecule has 2 rings (SSSR count). The van der Waals surface area contributed by atoms with Crippen LogP contribution in [0.5, 0.6) is 0 Å². The molecule has 6 nitrogen and oxygen atoms in total. The van der Waals surface area contributed by atoms with Gasteiger partial charge in [-0.05, 0) is 38.1 Å². The van der Waals surface area contributed by atoms with E-state index < -0.39 is 15.6 Å². The number of aromatic nitrogens is 2. The summed E-state index contributed by atoms with van der Waals surface area (Å²) in [4.78, 5) is 5.38. The second-order valence-corrected chi connectivity index (χ2v) is 8.92. The molecule has 0 unspecified atom stereocenters. The number of benzene rings is 1. The van der Waals surface area contributed by atoms with Crippen molar-refractivity contribution in [3.63, 3.8) is 0 Å². The molecule has 0 spiro atoms. The van der Waals surface area contributed by atoms with Gasteiger partial charge in [-0.2, -0.15) is 4.98 Å². The number of halogens is 1. The number of rotatable bonds is 7. The van der Waals surface area contributed by atoms with Gasteiger partial charge in [0, 0.05) is 22.1 Å². The van der Waals surface area contributed by atoms with E-state index in [9.17, 15) is 8.42 Å². The van der Waals surface area contributed by atoms with Crippen LogP contribution in [-0.2, 0) is 22.0 Å². The molecule has 23 heavy (non-hydrogen) atoms. The molecule has 0 saturated carbocycles. The summed E-state index contributed by atoms with van der Waals surface area (Å²) >= 11 is 7.49. The predicted molar refractivity (Wildman–Crippen MR) is 91.2 cm³/mol. The van der Waals surface area contributed by atoms with Crippen molar-refractivity contribution in [1.82, 2.24) is 14.9 Å². The Hall–Kier alpha value is -1.09. The molecule has 0 amide bonds. The molecular formula is C14H18ClN3O3S2. The van der Waals surface area contributed by atoms with Crippen molar-refractivity contribution in [2.45, 2.75) is 30.7 Å². The maximum Gasteiger partial charge on any atom is 0.227 e. The van der Waals surface area contributed by atoms with Crippen LogP contribution in [0.15, 0.2) is 33.7 Å². The van der Waals surface area contributed by atoms with E-state index in [1.807, 2.05) is 24.3 Å². The van der Waals surface area contributed by atoms with E-state index in [-0.39, 0.29) is 0 Å². The van der Waals surface area contributed by atoms with E-state index in [1.54, 1.807) is 25.6 Å². The molecule has 1 heterocycles. The van der Waals surface area contributed by atoms with Crippen molar-refractivity contribution < 1.29 is 12.9 Å². The average Bonchev–Trinajstić information content (AvgIpc) is 2.88. The zero-order chi connectivity index (χ0) is 17.1. The van der Waals surface area contributed by atoms with Gasteiger partial charge in [0.05, 0.1) is 11.8 Å². The topological polar surface area (TPSA) is 85.1 Å². The predicted octanol–water partition coefficient (Wildman–Crippen LogP) is 2.84. The van der Waals surface area contributed by atoms with E-state index in [0.29, 0.717) is 23.2 Å². The minimum absolute atomic E-state index is 0.314. The lowest BCUT2D eigenvalue weighted by atomic mass is 10.1. The Morgan fingerprint density at radius 3 is 2.57 bits per heavy atom. The Balaban J connectivity index is 1.93. The number of nitrogens with one attached hydrogen (secondary N) is 1. The summed E-state index contributed by atoms with van der Waals surface area (Å²) in [5.74, 6) is 1.56. The standard InChI is InChI=1S/C14H18ClN3O3S2/c1-14(2,18-23(3,19)20)13-16-12(21-17-13)8-9-22-11-6-4-10(15)5-7-11/h4-7,18H,8-9H2,1-3H3. The van der Waals surface area contributed by atoms with Crippen LogP contribution >= 0.6 is 23.4 Å². The first-order valence-electron chi connectivity index (χ1n) is 6.86. The Morgan fingerprint density at radius 1 is 1.30 bits per heavy atom. The van der Waals surface area contributed by atoms with Gasteiger partial charge in [-0.3, -0.25) is 0 Å². The van der Waals surface area contributed by atoms with Crippen LogP contribution in [0.4, 0.5) is 0 Å². The van der Waals surface area contributed by atoms with Crippen LogP contribution in [-0.4, -0.2) is 30.6 Å². The molecule has 126 valence electrons. The lowest BCUT2D eigenvalue weighted by Gasteiger charge is -2.20. The Kier molecular flexibility index (Phi) is 5.72. The summed E-state index contributed by atoms with van der Waals surface area (Å²) in [6.45, 7) is 3.37. The highest BCUT2D eigenvalue weighted by molar-refractivity contribution is 7.99. The maximum absolute atomic E-state index is 11.4. The van der Waals surface area contributed by atoms with Crippen LogP contribution in [0.3, 0.4) is 0 Å². The maximum atomic E-state index is 11.4. The van der Waals surface area contributed by atoms with Crippen molar-refractivity contribution in [3.8, 4) is 0 Å². The van der Waals surface area contributed by atoms with Gasteiger partial charge in [0.2, 0.25) is 15.9 Å². The SMILES string of the molecule is CC(C)(NS(C)(=O)=O)c1noc(CCSc2ccc(Cl)cc2)n1. The number of thioether (sulfide) groups is 1. The lowest BCUT2D eigenvalue weighted by Crippen LogP contribution is -2.41. The molecule has 0 bridgehead atoms. The van der Waals surface area contributed by atoms with Crippen LogP contribution in [0.2, 0.25) is 5.02 Å². The van der Waals surface area contributed by atoms with Crippen LogP contribution < -0.4 is 4.72 Å². The van der Waals surface area contributed by atoms with Crippen molar-refractivity contribution >= 4 is 33.4 Å². The molecule has 0 fully saturated rings. The normalized spacial score (nSPS) is 12.5. The monoisotopic (exact) mass is 375 g/mol. The minimum atomic E-state index is -3.36. The first-order valence-corrected chi connectivity index (χ1v) is 10.1. The summed E-state index contributed by atoms with van der Waals surface area (Å²) in [6, 6.07) is 7.58. The highest BCUT2D eigenvalue weighted by Crippen LogP contribution is 2.22. The summed E-state index contributed by atoms with van der Waals surface area (Å²) in [5, 5.41) is 4.57. The van der Waals surface area contributed by atoms with Gasteiger partial charge in [0.15, 0.2) is 5.82 Å². The quantitative estimate of drug-likeness (QED) is 0.749. The molecule has 0 aliphatic heterocycles. The van der Waals surface area contributed by atoms with E-state index in [4.69, 9.17) is 16.1 Å². The van der Waals surface area contributed by atoms with E-state index >= 15 is 0 Å². The largest absolute Gasteiger partial charge is 0.339 e. The van der Waals surface area contributed by atoms with Crippen molar-refractivity contribution in [2.24, 2.45) is 0 Å². The molecule has 2 aromatic rings. The molecular weight excluding hydrogens is 358 g/mol. The van der Waals surface area contributed by atoms with Crippen LogP contribution in [0.25, 0.3) is 0 Å². The molecule has 0 aliphatic rings. The third kappa shape index (κ3) is 5.80. The van der Waals surface area contributed by atoms with Crippen molar-refractivity contribution in [1.29, 1.82) is 0 Å². The molecule has 0 saturated heterocycles. The zero-order valence-corrected chi connectivity index (χ0v) is 15.4. The first kappa shape index (κ1) is 18.3. The molecule has 0 atom stereocenters. The van der Waals surface area contributed by atoms with Gasteiger partial charge in [0.1, 0.15) is 0 Å². The molecule has 1 aromatic heterocycles. The van der Waals surface area contributed by atoms with Crippen LogP contribution in [0.1, 0.15) is 25.6 Å². The number of nitrogens with zero attached hydrogens (tertiary/aromatic N) is 2. The first-order chi connectivity index (χ1) is 10.7. The Labute approximate surface area is 145 Å². The molecule has 1 aromatic carbocycles. The highest BCUT2D eigenvalue weighted by atomic mass is 35.5. The number of sulfonamides is 1. The summed E-state index contributed by atoms with van der Waals surface area (Å²) in [6.07, 6.45) is 1.69. The minimum Gasteiger partial charge on any atom is -0.339 e. The van der Waals surface area contributed by atoms with Gasteiger partial charge >= 0.3 is 0 Å². The lowest BCUT2D eigenvalue weighted by molar-refractivity contribution is 0.356. The smallest absolute Gasteiger partial charge is 0.227 e. The van der Waals surface area contributed by atoms with Gasteiger partial charge in [-0.1, -0.05) is 16.8 Å². The summed E-state index contributed by atoms with van der Waals surface area (Å²) in [5.41, 5.74) is -0.918. The van der Waals surface area contributed by atoms with E-state index in [2.05, 4.69) is 14.9 Å². The van der Waals surface area contributed by atoms with Crippen molar-refractivity contribution in [2.75, 3.05) is 12.0 Å². The molecule has 9 heteroatoms. The fourth-order valence-electron chi connectivity index (χ4n) is 1.91. The fraction of sp³-hybridized carbons (Fsp3) is 0.429. The number of hydrogen-bond donors (Lipinski definition) is 1. The van der Waals surface area contributed by atoms with E-state index in [1.165, 1.54) is 0 Å². The van der Waals surface area contributed by atoms with Gasteiger partial charge in [0.25, 0.3) is 0 Å². The Bertz CT molecular complexity index is 758. The Morgan fingerprint density at radius 2 is 1.96 bits per heavy atom. The van der Waals surface area contributed by atoms with Crippen molar-refractivity contribution in [3.05, 3.63) is 41.0 Å². The van der Waals surface area contributed by atoms with Crippen LogP contribution in [0, 0.1) is 0 Å². The third-order valence-corrected chi connectivity index (χ3v) is 5.01. The highest BCUT2D eigenvalue weighted by Gasteiger charge is 2.29. The van der Waals surface area contributed by atoms with Gasteiger partial charge in [-0.15, -0.1) is 11.8 Å². The average molecular weight is 376 g/mol. The molecule has 1 N–H and O–H groups in total. The fourth-order valence-corrected chi connectivity index (χ4v) is 3.89. The number of hydrogen-bond acceptors (Lipinski definition) is 6. The second-order valence-electron chi connectivity index (χ2n) is 5.56. The number of aryl methyl sites for hydroxylation is 1. The van der Waals surface area contributed by atoms with Gasteiger partial charge in [-0.25, -0.2) is 13.1 Å². The summed E-state index contributed by atoms with van der Waals surface area (Å²) in [7, 11) is -3.36. The summed E-state index contributed by atoms with van der Waals surface area (Å²) < 4.78 is 30.4. The molecule has 0 radical (unpaired) electrons.